The van der Waals surface area contributed by atoms with E-state index in [2.05, 4.69) is 4.98 Å². The van der Waals surface area contributed by atoms with Gasteiger partial charge in [0.05, 0.1) is 6.42 Å². The average molecular weight is 304 g/mol. The number of hydrogen-bond acceptors (Lipinski definition) is 2. The van der Waals surface area contributed by atoms with E-state index in [1.807, 2.05) is 4.90 Å². The number of H-pyrrole nitrogens is 1. The Morgan fingerprint density at radius 3 is 3.09 bits per heavy atom. The van der Waals surface area contributed by atoms with Crippen LogP contribution in [0.5, 0.6) is 0 Å². The number of benzene rings is 1. The zero-order valence-electron chi connectivity index (χ0n) is 12.5. The van der Waals surface area contributed by atoms with Crippen LogP contribution >= 0.6 is 0 Å². The van der Waals surface area contributed by atoms with E-state index in [0.29, 0.717) is 6.42 Å². The molecule has 2 aromatic rings. The van der Waals surface area contributed by atoms with Crippen LogP contribution in [0.4, 0.5) is 4.39 Å². The fraction of sp³-hybridized carbons (Fsp3) is 0.471. The van der Waals surface area contributed by atoms with Crippen molar-refractivity contribution in [1.82, 2.24) is 9.88 Å². The van der Waals surface area contributed by atoms with Crippen molar-refractivity contribution >= 4 is 16.8 Å². The van der Waals surface area contributed by atoms with E-state index >= 15 is 0 Å². The second-order valence-corrected chi connectivity index (χ2v) is 5.93. The minimum Gasteiger partial charge on any atom is -0.396 e. The van der Waals surface area contributed by atoms with Gasteiger partial charge in [-0.2, -0.15) is 0 Å². The number of hydrogen-bond donors (Lipinski definition) is 2. The van der Waals surface area contributed by atoms with Gasteiger partial charge in [-0.25, -0.2) is 4.39 Å². The summed E-state index contributed by atoms with van der Waals surface area (Å²) in [5, 5.41) is 9.93. The number of amides is 1. The molecule has 1 fully saturated rings. The summed E-state index contributed by atoms with van der Waals surface area (Å²) in [4.78, 5) is 17.6. The van der Waals surface area contributed by atoms with Gasteiger partial charge in [-0.1, -0.05) is 0 Å². The molecule has 0 aliphatic carbocycles. The largest absolute Gasteiger partial charge is 0.396 e. The molecule has 1 aliphatic rings. The molecule has 22 heavy (non-hydrogen) atoms. The number of halogens is 1. The summed E-state index contributed by atoms with van der Waals surface area (Å²) in [5.41, 5.74) is 1.67. The Labute approximate surface area is 128 Å². The highest BCUT2D eigenvalue weighted by Gasteiger charge is 2.26. The van der Waals surface area contributed by atoms with Crippen LogP contribution in [0.1, 0.15) is 31.2 Å². The van der Waals surface area contributed by atoms with Crippen LogP contribution in [0.3, 0.4) is 0 Å². The van der Waals surface area contributed by atoms with Crippen LogP contribution in [0.2, 0.25) is 0 Å². The third-order valence-corrected chi connectivity index (χ3v) is 4.48. The Hall–Kier alpha value is -1.88. The number of aromatic amines is 1. The van der Waals surface area contributed by atoms with E-state index in [1.165, 1.54) is 12.1 Å². The van der Waals surface area contributed by atoms with Crippen LogP contribution in [-0.2, 0) is 11.2 Å². The lowest BCUT2D eigenvalue weighted by Gasteiger charge is -2.35. The molecule has 1 unspecified atom stereocenters. The molecule has 1 aromatic carbocycles. The first-order valence-corrected chi connectivity index (χ1v) is 7.85. The Bertz CT molecular complexity index is 666. The van der Waals surface area contributed by atoms with E-state index in [1.54, 1.807) is 12.3 Å². The number of carbonyl (C=O) groups excluding carboxylic acids is 1. The van der Waals surface area contributed by atoms with E-state index < -0.39 is 0 Å². The maximum atomic E-state index is 13.4. The minimum atomic E-state index is -0.295. The maximum Gasteiger partial charge on any atom is 0.227 e. The number of fused-ring (bicyclic) bond motifs is 1. The van der Waals surface area contributed by atoms with Crippen molar-refractivity contribution in [3.63, 3.8) is 0 Å². The van der Waals surface area contributed by atoms with Gasteiger partial charge in [0.2, 0.25) is 5.91 Å². The van der Waals surface area contributed by atoms with Crippen molar-refractivity contribution in [1.29, 1.82) is 0 Å². The summed E-state index contributed by atoms with van der Waals surface area (Å²) in [5.74, 6) is -0.236. The van der Waals surface area contributed by atoms with E-state index in [9.17, 15) is 9.18 Å². The standard InChI is InChI=1S/C17H21FN2O2/c18-13-4-5-16-15(10-13)12(11-19-16)9-17(22)20-7-2-1-3-14(20)6-8-21/h4-5,10-11,14,19,21H,1-3,6-9H2. The molecular weight excluding hydrogens is 283 g/mol. The molecule has 0 bridgehead atoms. The first kappa shape index (κ1) is 15.0. The Kier molecular flexibility index (Phi) is 4.43. The molecule has 118 valence electrons. The van der Waals surface area contributed by atoms with Crippen LogP contribution in [0.15, 0.2) is 24.4 Å². The number of aromatic nitrogens is 1. The van der Waals surface area contributed by atoms with Gasteiger partial charge in [-0.3, -0.25) is 4.79 Å². The monoisotopic (exact) mass is 304 g/mol. The van der Waals surface area contributed by atoms with Gasteiger partial charge >= 0.3 is 0 Å². The first-order valence-electron chi connectivity index (χ1n) is 7.85. The summed E-state index contributed by atoms with van der Waals surface area (Å²) >= 11 is 0. The summed E-state index contributed by atoms with van der Waals surface area (Å²) in [7, 11) is 0. The highest BCUT2D eigenvalue weighted by atomic mass is 19.1. The molecule has 0 saturated carbocycles. The van der Waals surface area contributed by atoms with Gasteiger partial charge in [0.15, 0.2) is 0 Å². The van der Waals surface area contributed by atoms with Crippen LogP contribution < -0.4 is 0 Å². The maximum absolute atomic E-state index is 13.4. The fourth-order valence-corrected chi connectivity index (χ4v) is 3.34. The third-order valence-electron chi connectivity index (χ3n) is 4.48. The molecule has 2 heterocycles. The molecule has 5 heteroatoms. The number of aliphatic hydroxyl groups excluding tert-OH is 1. The zero-order valence-corrected chi connectivity index (χ0v) is 12.5. The first-order chi connectivity index (χ1) is 10.7. The molecule has 3 rings (SSSR count). The smallest absolute Gasteiger partial charge is 0.227 e. The van der Waals surface area contributed by atoms with Crippen molar-refractivity contribution in [2.45, 2.75) is 38.1 Å². The second kappa shape index (κ2) is 6.48. The highest BCUT2D eigenvalue weighted by Crippen LogP contribution is 2.24. The quantitative estimate of drug-likeness (QED) is 0.912. The van der Waals surface area contributed by atoms with Crippen LogP contribution in [0.25, 0.3) is 10.9 Å². The summed E-state index contributed by atoms with van der Waals surface area (Å²) in [6.45, 7) is 0.854. The molecule has 0 spiro atoms. The van der Waals surface area contributed by atoms with Crippen LogP contribution in [0, 0.1) is 5.82 Å². The van der Waals surface area contributed by atoms with Gasteiger partial charge in [0, 0.05) is 36.3 Å². The highest BCUT2D eigenvalue weighted by molar-refractivity contribution is 5.89. The molecule has 1 aromatic heterocycles. The van der Waals surface area contributed by atoms with Crippen molar-refractivity contribution in [2.24, 2.45) is 0 Å². The number of nitrogens with zero attached hydrogens (tertiary/aromatic N) is 1. The number of rotatable bonds is 4. The van der Waals surface area contributed by atoms with Crippen molar-refractivity contribution < 1.29 is 14.3 Å². The Balaban J connectivity index is 1.78. The minimum absolute atomic E-state index is 0.0586. The normalized spacial score (nSPS) is 18.8. The van der Waals surface area contributed by atoms with Gasteiger partial charge < -0.3 is 15.0 Å². The predicted octanol–water partition coefficient (Wildman–Crippen LogP) is 2.61. The van der Waals surface area contributed by atoms with Gasteiger partial charge in [-0.05, 0) is 49.4 Å². The van der Waals surface area contributed by atoms with Gasteiger partial charge in [-0.15, -0.1) is 0 Å². The number of likely N-dealkylation sites (tertiary alicyclic amines) is 1. The van der Waals surface area contributed by atoms with E-state index in [-0.39, 0.29) is 30.8 Å². The fourth-order valence-electron chi connectivity index (χ4n) is 3.34. The molecule has 1 aliphatic heterocycles. The second-order valence-electron chi connectivity index (χ2n) is 5.93. The molecule has 4 nitrogen and oxygen atoms in total. The Morgan fingerprint density at radius 1 is 1.41 bits per heavy atom. The van der Waals surface area contributed by atoms with Gasteiger partial charge in [0.1, 0.15) is 5.82 Å². The molecular formula is C17H21FN2O2. The number of nitrogens with one attached hydrogen (secondary N) is 1. The lowest BCUT2D eigenvalue weighted by atomic mass is 9.98. The summed E-state index contributed by atoms with van der Waals surface area (Å²) in [6, 6.07) is 4.70. The molecule has 1 saturated heterocycles. The van der Waals surface area contributed by atoms with Crippen molar-refractivity contribution in [3.8, 4) is 0 Å². The molecule has 1 amide bonds. The lowest BCUT2D eigenvalue weighted by molar-refractivity contribution is -0.134. The van der Waals surface area contributed by atoms with Crippen molar-refractivity contribution in [2.75, 3.05) is 13.2 Å². The molecule has 0 radical (unpaired) electrons. The Morgan fingerprint density at radius 2 is 2.27 bits per heavy atom. The zero-order chi connectivity index (χ0) is 15.5. The predicted molar refractivity (Wildman–Crippen MR) is 83.0 cm³/mol. The summed E-state index contributed by atoms with van der Waals surface area (Å²) < 4.78 is 13.4. The third kappa shape index (κ3) is 2.99. The topological polar surface area (TPSA) is 56.3 Å². The lowest BCUT2D eigenvalue weighted by Crippen LogP contribution is -2.44. The van der Waals surface area contributed by atoms with Crippen molar-refractivity contribution in [3.05, 3.63) is 35.8 Å². The summed E-state index contributed by atoms with van der Waals surface area (Å²) in [6.07, 6.45) is 5.75. The van der Waals surface area contributed by atoms with E-state index in [4.69, 9.17) is 5.11 Å². The van der Waals surface area contributed by atoms with Crippen LogP contribution in [-0.4, -0.2) is 40.1 Å². The number of aliphatic hydroxyl groups is 1. The average Bonchev–Trinajstić information content (AvgIpc) is 2.90. The molecule has 2 N–H and O–H groups in total. The number of carbonyl (C=O) groups is 1. The number of piperidine rings is 1. The van der Waals surface area contributed by atoms with Gasteiger partial charge in [0.25, 0.3) is 0 Å². The SMILES string of the molecule is O=C(Cc1c[nH]c2ccc(F)cc12)N1CCCCC1CCO. The van der Waals surface area contributed by atoms with E-state index in [0.717, 1.165) is 42.3 Å². The molecule has 1 atom stereocenters.